The summed E-state index contributed by atoms with van der Waals surface area (Å²) in [6.45, 7) is 10.0. The second kappa shape index (κ2) is 8.61. The second-order valence-electron chi connectivity index (χ2n) is 6.01. The fourth-order valence-electron chi connectivity index (χ4n) is 1.86. The topological polar surface area (TPSA) is 41.6 Å². The Kier molecular flexibility index (Phi) is 7.46. The highest BCUT2D eigenvalue weighted by atomic mass is 35.5. The monoisotopic (exact) mass is 346 g/mol. The summed E-state index contributed by atoms with van der Waals surface area (Å²) in [5.41, 5.74) is 0.535. The molecular weight excluding hydrogens is 323 g/mol. The predicted octanol–water partition coefficient (Wildman–Crippen LogP) is 4.34. The molecule has 0 heterocycles. The number of amides is 1. The maximum absolute atomic E-state index is 12.0. The first-order chi connectivity index (χ1) is 10.2. The first-order valence-electron chi connectivity index (χ1n) is 7.35. The van der Waals surface area contributed by atoms with Crippen molar-refractivity contribution in [2.24, 2.45) is 0 Å². The van der Waals surface area contributed by atoms with Crippen LogP contribution < -0.4 is 5.32 Å². The normalized spacial score (nSPS) is 11.4. The van der Waals surface area contributed by atoms with Crippen molar-refractivity contribution in [2.75, 3.05) is 19.6 Å². The van der Waals surface area contributed by atoms with E-state index in [2.05, 4.69) is 5.32 Å². The standard InChI is InChI=1S/C16H24Cl2N2O2/c1-5-20(15(21)22-16(2,3)4)7-6-19-11-12-8-13(17)10-14(18)9-12/h8-10,19H,5-7,11H2,1-4H3. The molecule has 4 nitrogen and oxygen atoms in total. The highest BCUT2D eigenvalue weighted by Crippen LogP contribution is 2.18. The van der Waals surface area contributed by atoms with Gasteiger partial charge >= 0.3 is 6.09 Å². The van der Waals surface area contributed by atoms with Crippen LogP contribution in [-0.4, -0.2) is 36.2 Å². The average molecular weight is 347 g/mol. The molecule has 1 aromatic rings. The molecule has 0 atom stereocenters. The molecule has 0 aliphatic heterocycles. The van der Waals surface area contributed by atoms with Gasteiger partial charge in [0, 0.05) is 36.2 Å². The van der Waals surface area contributed by atoms with Crippen molar-refractivity contribution in [1.29, 1.82) is 0 Å². The molecule has 1 N–H and O–H groups in total. The van der Waals surface area contributed by atoms with Gasteiger partial charge in [-0.25, -0.2) is 4.79 Å². The van der Waals surface area contributed by atoms with Crippen LogP contribution in [0, 0.1) is 0 Å². The Morgan fingerprint density at radius 2 is 1.82 bits per heavy atom. The number of carbonyl (C=O) groups excluding carboxylic acids is 1. The van der Waals surface area contributed by atoms with Gasteiger partial charge in [-0.3, -0.25) is 0 Å². The summed E-state index contributed by atoms with van der Waals surface area (Å²) in [5, 5.41) is 4.51. The lowest BCUT2D eigenvalue weighted by atomic mass is 10.2. The molecule has 0 saturated carbocycles. The number of benzene rings is 1. The van der Waals surface area contributed by atoms with Gasteiger partial charge in [0.2, 0.25) is 0 Å². The Labute approximate surface area is 142 Å². The minimum atomic E-state index is -0.477. The van der Waals surface area contributed by atoms with Crippen molar-refractivity contribution in [1.82, 2.24) is 10.2 Å². The van der Waals surface area contributed by atoms with Gasteiger partial charge in [0.1, 0.15) is 5.60 Å². The summed E-state index contributed by atoms with van der Waals surface area (Å²) in [4.78, 5) is 13.7. The zero-order valence-electron chi connectivity index (χ0n) is 13.6. The van der Waals surface area contributed by atoms with Gasteiger partial charge < -0.3 is 15.0 Å². The molecule has 1 amide bonds. The minimum absolute atomic E-state index is 0.289. The summed E-state index contributed by atoms with van der Waals surface area (Å²) in [6.07, 6.45) is -0.289. The number of hydrogen-bond acceptors (Lipinski definition) is 3. The number of carbonyl (C=O) groups is 1. The molecule has 0 spiro atoms. The quantitative estimate of drug-likeness (QED) is 0.779. The maximum Gasteiger partial charge on any atom is 0.410 e. The lowest BCUT2D eigenvalue weighted by molar-refractivity contribution is 0.0262. The molecule has 22 heavy (non-hydrogen) atoms. The van der Waals surface area contributed by atoms with E-state index in [9.17, 15) is 4.79 Å². The van der Waals surface area contributed by atoms with Crippen LogP contribution in [0.3, 0.4) is 0 Å². The van der Waals surface area contributed by atoms with E-state index < -0.39 is 5.60 Å². The number of ether oxygens (including phenoxy) is 1. The first kappa shape index (κ1) is 19.1. The van der Waals surface area contributed by atoms with E-state index in [1.165, 1.54) is 0 Å². The van der Waals surface area contributed by atoms with Crippen molar-refractivity contribution in [3.63, 3.8) is 0 Å². The molecule has 0 radical (unpaired) electrons. The molecule has 0 aliphatic carbocycles. The maximum atomic E-state index is 12.0. The Balaban J connectivity index is 2.39. The number of likely N-dealkylation sites (N-methyl/N-ethyl adjacent to an activating group) is 1. The number of halogens is 2. The summed E-state index contributed by atoms with van der Waals surface area (Å²) >= 11 is 11.9. The number of rotatable bonds is 6. The molecule has 6 heteroatoms. The van der Waals surface area contributed by atoms with Crippen molar-refractivity contribution in [3.8, 4) is 0 Å². The van der Waals surface area contributed by atoms with Gasteiger partial charge in [0.15, 0.2) is 0 Å². The second-order valence-corrected chi connectivity index (χ2v) is 6.89. The molecule has 0 aliphatic rings. The molecular formula is C16H24Cl2N2O2. The van der Waals surface area contributed by atoms with Gasteiger partial charge in [-0.1, -0.05) is 23.2 Å². The number of nitrogens with zero attached hydrogens (tertiary/aromatic N) is 1. The third-order valence-corrected chi connectivity index (χ3v) is 3.28. The minimum Gasteiger partial charge on any atom is -0.444 e. The van der Waals surface area contributed by atoms with Crippen LogP contribution in [-0.2, 0) is 11.3 Å². The zero-order chi connectivity index (χ0) is 16.8. The number of nitrogens with one attached hydrogen (secondary N) is 1. The SMILES string of the molecule is CCN(CCNCc1cc(Cl)cc(Cl)c1)C(=O)OC(C)(C)C. The molecule has 0 fully saturated rings. The molecule has 0 aromatic heterocycles. The van der Waals surface area contributed by atoms with Gasteiger partial charge in [0.25, 0.3) is 0 Å². The Morgan fingerprint density at radius 1 is 1.23 bits per heavy atom. The van der Waals surface area contributed by atoms with Crippen LogP contribution >= 0.6 is 23.2 Å². The van der Waals surface area contributed by atoms with Crippen molar-refractivity contribution < 1.29 is 9.53 Å². The van der Waals surface area contributed by atoms with Crippen molar-refractivity contribution in [2.45, 2.75) is 39.8 Å². The summed E-state index contributed by atoms with van der Waals surface area (Å²) < 4.78 is 5.36. The highest BCUT2D eigenvalue weighted by molar-refractivity contribution is 6.34. The van der Waals surface area contributed by atoms with E-state index >= 15 is 0 Å². The number of hydrogen-bond donors (Lipinski definition) is 1. The van der Waals surface area contributed by atoms with E-state index in [1.54, 1.807) is 11.0 Å². The van der Waals surface area contributed by atoms with Crippen LogP contribution in [0.15, 0.2) is 18.2 Å². The zero-order valence-corrected chi connectivity index (χ0v) is 15.1. The lowest BCUT2D eigenvalue weighted by Crippen LogP contribution is -2.40. The Hall–Kier alpha value is -0.970. The van der Waals surface area contributed by atoms with E-state index in [1.807, 2.05) is 39.8 Å². The van der Waals surface area contributed by atoms with E-state index in [4.69, 9.17) is 27.9 Å². The fraction of sp³-hybridized carbons (Fsp3) is 0.562. The van der Waals surface area contributed by atoms with Gasteiger partial charge in [-0.2, -0.15) is 0 Å². The van der Waals surface area contributed by atoms with E-state index in [0.717, 1.165) is 5.56 Å². The van der Waals surface area contributed by atoms with Crippen LogP contribution in [0.25, 0.3) is 0 Å². The van der Waals surface area contributed by atoms with Crippen LogP contribution in [0.1, 0.15) is 33.3 Å². The Morgan fingerprint density at radius 3 is 2.32 bits per heavy atom. The fourth-order valence-corrected chi connectivity index (χ4v) is 2.44. The summed E-state index contributed by atoms with van der Waals surface area (Å²) in [6, 6.07) is 5.44. The van der Waals surface area contributed by atoms with Gasteiger partial charge in [0.05, 0.1) is 0 Å². The van der Waals surface area contributed by atoms with Crippen molar-refractivity contribution in [3.05, 3.63) is 33.8 Å². The predicted molar refractivity (Wildman–Crippen MR) is 91.6 cm³/mol. The van der Waals surface area contributed by atoms with E-state index in [0.29, 0.717) is 36.2 Å². The summed E-state index contributed by atoms with van der Waals surface area (Å²) in [5.74, 6) is 0. The smallest absolute Gasteiger partial charge is 0.410 e. The average Bonchev–Trinajstić information content (AvgIpc) is 2.35. The Bertz CT molecular complexity index is 481. The largest absolute Gasteiger partial charge is 0.444 e. The molecule has 0 bridgehead atoms. The third kappa shape index (κ3) is 7.34. The molecule has 124 valence electrons. The molecule has 1 rings (SSSR count). The van der Waals surface area contributed by atoms with Gasteiger partial charge in [-0.15, -0.1) is 0 Å². The summed E-state index contributed by atoms with van der Waals surface area (Å²) in [7, 11) is 0. The van der Waals surface area contributed by atoms with Crippen LogP contribution in [0.2, 0.25) is 10.0 Å². The van der Waals surface area contributed by atoms with Crippen LogP contribution in [0.5, 0.6) is 0 Å². The van der Waals surface area contributed by atoms with Gasteiger partial charge in [-0.05, 0) is 51.5 Å². The highest BCUT2D eigenvalue weighted by Gasteiger charge is 2.20. The van der Waals surface area contributed by atoms with Crippen LogP contribution in [0.4, 0.5) is 4.79 Å². The third-order valence-electron chi connectivity index (χ3n) is 2.84. The molecule has 1 aromatic carbocycles. The van der Waals surface area contributed by atoms with Crippen molar-refractivity contribution >= 4 is 29.3 Å². The molecule has 0 saturated heterocycles. The lowest BCUT2D eigenvalue weighted by Gasteiger charge is -2.26. The van der Waals surface area contributed by atoms with E-state index in [-0.39, 0.29) is 6.09 Å². The first-order valence-corrected chi connectivity index (χ1v) is 8.10. The molecule has 0 unspecified atom stereocenters.